The van der Waals surface area contributed by atoms with Gasteiger partial charge in [-0.3, -0.25) is 0 Å². The maximum absolute atomic E-state index is 8.68. The Labute approximate surface area is 89.7 Å². The van der Waals surface area contributed by atoms with E-state index in [1.165, 1.54) is 10.5 Å². The van der Waals surface area contributed by atoms with Crippen molar-refractivity contribution in [1.82, 2.24) is 5.32 Å². The standard InChI is InChI=1S/C11H17NOS/c1-9(12-7-8-13)10-3-5-11(14-2)6-4-10/h3-6,9,12-13H,7-8H2,1-2H3/t9-/m1/s1. The first-order valence-corrected chi connectivity index (χ1v) is 5.98. The molecular weight excluding hydrogens is 194 g/mol. The van der Waals surface area contributed by atoms with Crippen molar-refractivity contribution in [1.29, 1.82) is 0 Å². The molecule has 0 unspecified atom stereocenters. The van der Waals surface area contributed by atoms with Crippen LogP contribution in [0, 0.1) is 0 Å². The van der Waals surface area contributed by atoms with Crippen LogP contribution in [0.1, 0.15) is 18.5 Å². The third-order valence-corrected chi connectivity index (χ3v) is 2.92. The molecule has 0 heterocycles. The van der Waals surface area contributed by atoms with Crippen LogP contribution in [0.25, 0.3) is 0 Å². The van der Waals surface area contributed by atoms with Crippen LogP contribution in [0.5, 0.6) is 0 Å². The van der Waals surface area contributed by atoms with Gasteiger partial charge in [0, 0.05) is 17.5 Å². The van der Waals surface area contributed by atoms with Crippen LogP contribution in [0.4, 0.5) is 0 Å². The fraction of sp³-hybridized carbons (Fsp3) is 0.455. The van der Waals surface area contributed by atoms with Crippen LogP contribution >= 0.6 is 11.8 Å². The minimum atomic E-state index is 0.188. The van der Waals surface area contributed by atoms with Crippen molar-refractivity contribution >= 4 is 11.8 Å². The van der Waals surface area contributed by atoms with Gasteiger partial charge in [-0.05, 0) is 30.9 Å². The lowest BCUT2D eigenvalue weighted by atomic mass is 10.1. The quantitative estimate of drug-likeness (QED) is 0.731. The summed E-state index contributed by atoms with van der Waals surface area (Å²) in [6, 6.07) is 8.80. The van der Waals surface area contributed by atoms with Gasteiger partial charge in [0.05, 0.1) is 6.61 Å². The third-order valence-electron chi connectivity index (χ3n) is 2.18. The normalized spacial score (nSPS) is 12.8. The predicted octanol–water partition coefficient (Wildman–Crippen LogP) is 2.05. The second kappa shape index (κ2) is 6.06. The molecule has 0 spiro atoms. The monoisotopic (exact) mass is 211 g/mol. The lowest BCUT2D eigenvalue weighted by Gasteiger charge is -2.13. The van der Waals surface area contributed by atoms with Gasteiger partial charge in [-0.2, -0.15) is 0 Å². The maximum atomic E-state index is 8.68. The summed E-state index contributed by atoms with van der Waals surface area (Å²) < 4.78 is 0. The fourth-order valence-corrected chi connectivity index (χ4v) is 1.70. The van der Waals surface area contributed by atoms with Gasteiger partial charge in [-0.15, -0.1) is 11.8 Å². The van der Waals surface area contributed by atoms with E-state index < -0.39 is 0 Å². The third kappa shape index (κ3) is 3.33. The molecular formula is C11H17NOS. The molecule has 0 saturated heterocycles. The molecule has 1 rings (SSSR count). The van der Waals surface area contributed by atoms with E-state index >= 15 is 0 Å². The first-order chi connectivity index (χ1) is 6.77. The molecule has 2 nitrogen and oxygen atoms in total. The first-order valence-electron chi connectivity index (χ1n) is 4.76. The van der Waals surface area contributed by atoms with E-state index in [-0.39, 0.29) is 6.61 Å². The van der Waals surface area contributed by atoms with Crippen molar-refractivity contribution < 1.29 is 5.11 Å². The van der Waals surface area contributed by atoms with Crippen LogP contribution in [-0.2, 0) is 0 Å². The Hall–Kier alpha value is -0.510. The second-order valence-electron chi connectivity index (χ2n) is 3.17. The number of thioether (sulfide) groups is 1. The van der Waals surface area contributed by atoms with Crippen molar-refractivity contribution in [3.05, 3.63) is 29.8 Å². The SMILES string of the molecule is CSc1ccc([C@@H](C)NCCO)cc1. The Morgan fingerprint density at radius 1 is 1.36 bits per heavy atom. The minimum absolute atomic E-state index is 0.188. The lowest BCUT2D eigenvalue weighted by molar-refractivity contribution is 0.286. The Morgan fingerprint density at radius 3 is 2.50 bits per heavy atom. The van der Waals surface area contributed by atoms with Gasteiger partial charge in [0.1, 0.15) is 0 Å². The largest absolute Gasteiger partial charge is 0.395 e. The molecule has 14 heavy (non-hydrogen) atoms. The minimum Gasteiger partial charge on any atom is -0.395 e. The highest BCUT2D eigenvalue weighted by atomic mass is 32.2. The van der Waals surface area contributed by atoms with E-state index in [2.05, 4.69) is 42.8 Å². The van der Waals surface area contributed by atoms with Crippen LogP contribution in [0.3, 0.4) is 0 Å². The average Bonchev–Trinajstić information content (AvgIpc) is 2.26. The molecule has 0 fully saturated rings. The van der Waals surface area contributed by atoms with E-state index in [0.29, 0.717) is 12.6 Å². The van der Waals surface area contributed by atoms with E-state index in [1.54, 1.807) is 11.8 Å². The number of hydrogen-bond acceptors (Lipinski definition) is 3. The molecule has 1 aromatic carbocycles. The summed E-state index contributed by atoms with van der Waals surface area (Å²) in [5.74, 6) is 0. The summed E-state index contributed by atoms with van der Waals surface area (Å²) in [7, 11) is 0. The second-order valence-corrected chi connectivity index (χ2v) is 4.05. The molecule has 0 radical (unpaired) electrons. The summed E-state index contributed by atoms with van der Waals surface area (Å²) in [4.78, 5) is 1.28. The number of aliphatic hydroxyl groups excluding tert-OH is 1. The average molecular weight is 211 g/mol. The van der Waals surface area contributed by atoms with Crippen molar-refractivity contribution in [2.75, 3.05) is 19.4 Å². The highest BCUT2D eigenvalue weighted by Crippen LogP contribution is 2.18. The van der Waals surface area contributed by atoms with Crippen LogP contribution < -0.4 is 5.32 Å². The van der Waals surface area contributed by atoms with Gasteiger partial charge in [-0.25, -0.2) is 0 Å². The molecule has 2 N–H and O–H groups in total. The number of rotatable bonds is 5. The van der Waals surface area contributed by atoms with E-state index in [0.717, 1.165) is 0 Å². The zero-order chi connectivity index (χ0) is 10.4. The highest BCUT2D eigenvalue weighted by Gasteiger charge is 2.03. The van der Waals surface area contributed by atoms with Crippen LogP contribution in [0.15, 0.2) is 29.2 Å². The molecule has 0 aliphatic heterocycles. The van der Waals surface area contributed by atoms with Gasteiger partial charge in [0.25, 0.3) is 0 Å². The first kappa shape index (κ1) is 11.6. The molecule has 1 atom stereocenters. The Balaban J connectivity index is 2.57. The van der Waals surface area contributed by atoms with Gasteiger partial charge in [0.15, 0.2) is 0 Å². The Morgan fingerprint density at radius 2 is 2.00 bits per heavy atom. The molecule has 0 aromatic heterocycles. The zero-order valence-corrected chi connectivity index (χ0v) is 9.47. The summed E-state index contributed by atoms with van der Waals surface area (Å²) in [5.41, 5.74) is 1.26. The molecule has 0 aliphatic rings. The number of aliphatic hydroxyl groups is 1. The van der Waals surface area contributed by atoms with Gasteiger partial charge in [-0.1, -0.05) is 12.1 Å². The topological polar surface area (TPSA) is 32.3 Å². The molecule has 0 aliphatic carbocycles. The molecule has 0 bridgehead atoms. The Bertz CT molecular complexity index is 260. The van der Waals surface area contributed by atoms with E-state index in [4.69, 9.17) is 5.11 Å². The molecule has 0 saturated carbocycles. The number of hydrogen-bond donors (Lipinski definition) is 2. The predicted molar refractivity (Wildman–Crippen MR) is 61.7 cm³/mol. The van der Waals surface area contributed by atoms with Crippen LogP contribution in [0.2, 0.25) is 0 Å². The molecule has 1 aromatic rings. The lowest BCUT2D eigenvalue weighted by Crippen LogP contribution is -2.21. The summed E-state index contributed by atoms with van der Waals surface area (Å²) in [6.07, 6.45) is 2.07. The van der Waals surface area contributed by atoms with Crippen molar-refractivity contribution in [3.8, 4) is 0 Å². The zero-order valence-electron chi connectivity index (χ0n) is 8.66. The summed E-state index contributed by atoms with van der Waals surface area (Å²) in [5, 5.41) is 11.9. The van der Waals surface area contributed by atoms with E-state index in [9.17, 15) is 0 Å². The fourth-order valence-electron chi connectivity index (χ4n) is 1.29. The van der Waals surface area contributed by atoms with Crippen molar-refractivity contribution in [3.63, 3.8) is 0 Å². The summed E-state index contributed by atoms with van der Waals surface area (Å²) >= 11 is 1.75. The van der Waals surface area contributed by atoms with E-state index in [1.807, 2.05) is 0 Å². The number of benzene rings is 1. The maximum Gasteiger partial charge on any atom is 0.0556 e. The Kier molecular flexibility index (Phi) is 5.01. The van der Waals surface area contributed by atoms with Gasteiger partial charge >= 0.3 is 0 Å². The van der Waals surface area contributed by atoms with Crippen molar-refractivity contribution in [2.45, 2.75) is 17.9 Å². The molecule has 78 valence electrons. The van der Waals surface area contributed by atoms with Crippen LogP contribution in [-0.4, -0.2) is 24.5 Å². The number of nitrogens with one attached hydrogen (secondary N) is 1. The summed E-state index contributed by atoms with van der Waals surface area (Å²) in [6.45, 7) is 2.93. The molecule has 3 heteroatoms. The van der Waals surface area contributed by atoms with Crippen molar-refractivity contribution in [2.24, 2.45) is 0 Å². The smallest absolute Gasteiger partial charge is 0.0556 e. The van der Waals surface area contributed by atoms with Gasteiger partial charge < -0.3 is 10.4 Å². The van der Waals surface area contributed by atoms with Gasteiger partial charge in [0.2, 0.25) is 0 Å². The highest BCUT2D eigenvalue weighted by molar-refractivity contribution is 7.98. The molecule has 0 amide bonds.